The number of thiophene rings is 1. The number of anilines is 2. The predicted octanol–water partition coefficient (Wildman–Crippen LogP) is 4.53. The van der Waals surface area contributed by atoms with Crippen LogP contribution in [0.2, 0.25) is 0 Å². The fraction of sp³-hybridized carbons (Fsp3) is 0.429. The molecule has 0 aliphatic heterocycles. The van der Waals surface area contributed by atoms with Crippen molar-refractivity contribution in [3.8, 4) is 0 Å². The van der Waals surface area contributed by atoms with E-state index in [1.54, 1.807) is 19.9 Å². The number of carbonyl (C=O) groups excluding carboxylic acids is 2. The molecular formula is C21H26N2O5S3. The van der Waals surface area contributed by atoms with Gasteiger partial charge >= 0.3 is 5.97 Å². The summed E-state index contributed by atoms with van der Waals surface area (Å²) >= 11 is 2.70. The minimum absolute atomic E-state index is 0.00606. The van der Waals surface area contributed by atoms with Crippen molar-refractivity contribution in [1.82, 2.24) is 0 Å². The second-order valence-corrected chi connectivity index (χ2v) is 11.2. The fourth-order valence-corrected chi connectivity index (χ4v) is 6.51. The van der Waals surface area contributed by atoms with Gasteiger partial charge in [-0.25, -0.2) is 13.2 Å². The molecule has 31 heavy (non-hydrogen) atoms. The van der Waals surface area contributed by atoms with E-state index in [9.17, 15) is 18.0 Å². The van der Waals surface area contributed by atoms with Gasteiger partial charge in [0.2, 0.25) is 5.91 Å². The van der Waals surface area contributed by atoms with Crippen LogP contribution in [-0.2, 0) is 32.4 Å². The largest absolute Gasteiger partial charge is 0.465 e. The number of benzene rings is 1. The van der Waals surface area contributed by atoms with E-state index in [4.69, 9.17) is 4.74 Å². The number of carbonyl (C=O) groups is 2. The highest BCUT2D eigenvalue weighted by Crippen LogP contribution is 2.40. The highest BCUT2D eigenvalue weighted by atomic mass is 32.2. The number of ether oxygens (including phenoxy) is 1. The fourth-order valence-electron chi connectivity index (χ4n) is 3.37. The molecule has 0 bridgehead atoms. The van der Waals surface area contributed by atoms with Crippen LogP contribution in [0.25, 0.3) is 0 Å². The number of esters is 1. The van der Waals surface area contributed by atoms with Crippen LogP contribution in [0.4, 0.5) is 10.7 Å². The van der Waals surface area contributed by atoms with Gasteiger partial charge in [-0.15, -0.1) is 23.1 Å². The minimum Gasteiger partial charge on any atom is -0.465 e. The molecule has 1 aromatic carbocycles. The summed E-state index contributed by atoms with van der Waals surface area (Å²) in [5, 5.41) is 3.07. The van der Waals surface area contributed by atoms with Gasteiger partial charge in [-0.2, -0.15) is 0 Å². The second kappa shape index (κ2) is 9.62. The smallest absolute Gasteiger partial charge is 0.341 e. The van der Waals surface area contributed by atoms with Crippen LogP contribution in [0.3, 0.4) is 0 Å². The lowest BCUT2D eigenvalue weighted by Crippen LogP contribution is -2.19. The average Bonchev–Trinajstić information content (AvgIpc) is 3.10. The number of nitrogens with one attached hydrogen (secondary N) is 2. The lowest BCUT2D eigenvalue weighted by atomic mass is 9.95. The molecule has 0 fully saturated rings. The van der Waals surface area contributed by atoms with Gasteiger partial charge in [0, 0.05) is 15.7 Å². The van der Waals surface area contributed by atoms with Crippen molar-refractivity contribution >= 4 is 55.7 Å². The molecule has 0 unspecified atom stereocenters. The van der Waals surface area contributed by atoms with E-state index >= 15 is 0 Å². The van der Waals surface area contributed by atoms with Crippen molar-refractivity contribution in [1.29, 1.82) is 0 Å². The zero-order chi connectivity index (χ0) is 22.8. The number of sulfonamides is 1. The van der Waals surface area contributed by atoms with E-state index in [1.807, 2.05) is 6.26 Å². The zero-order valence-electron chi connectivity index (χ0n) is 17.9. The van der Waals surface area contributed by atoms with E-state index < -0.39 is 16.0 Å². The molecule has 10 heteroatoms. The lowest BCUT2D eigenvalue weighted by Gasteiger charge is -2.14. The Kier molecular flexibility index (Phi) is 7.33. The molecule has 0 radical (unpaired) electrons. The summed E-state index contributed by atoms with van der Waals surface area (Å²) in [6.07, 6.45) is 5.36. The van der Waals surface area contributed by atoms with Gasteiger partial charge in [0.25, 0.3) is 10.0 Å². The van der Waals surface area contributed by atoms with Crippen molar-refractivity contribution in [2.75, 3.05) is 23.4 Å². The zero-order valence-corrected chi connectivity index (χ0v) is 20.4. The van der Waals surface area contributed by atoms with Gasteiger partial charge in [-0.1, -0.05) is 13.8 Å². The van der Waals surface area contributed by atoms with Gasteiger partial charge < -0.3 is 10.1 Å². The van der Waals surface area contributed by atoms with Crippen LogP contribution >= 0.6 is 23.1 Å². The lowest BCUT2D eigenvalue weighted by molar-refractivity contribution is -0.118. The molecule has 2 N–H and O–H groups in total. The third kappa shape index (κ3) is 5.07. The SMILES string of the molecule is COC(=O)c1c(NS(=O)(=O)c2ccc(SC)c(NC(=O)C(C)C)c2)sc2c1CCCC2. The minimum atomic E-state index is -3.99. The van der Waals surface area contributed by atoms with Crippen molar-refractivity contribution in [3.05, 3.63) is 34.2 Å². The molecule has 1 aromatic heterocycles. The molecular weight excluding hydrogens is 456 g/mol. The van der Waals surface area contributed by atoms with Crippen LogP contribution < -0.4 is 10.0 Å². The van der Waals surface area contributed by atoms with Crippen molar-refractivity contribution in [3.63, 3.8) is 0 Å². The number of amides is 1. The van der Waals surface area contributed by atoms with Crippen LogP contribution in [-0.4, -0.2) is 33.7 Å². The highest BCUT2D eigenvalue weighted by molar-refractivity contribution is 7.98. The topological polar surface area (TPSA) is 102 Å². The summed E-state index contributed by atoms with van der Waals surface area (Å²) in [5.74, 6) is -0.982. The normalized spacial score (nSPS) is 13.6. The molecule has 0 atom stereocenters. The van der Waals surface area contributed by atoms with Crippen LogP contribution in [0.1, 0.15) is 47.5 Å². The van der Waals surface area contributed by atoms with Crippen LogP contribution in [0.15, 0.2) is 28.0 Å². The Bertz CT molecular complexity index is 1110. The number of hydrogen-bond donors (Lipinski definition) is 2. The quantitative estimate of drug-likeness (QED) is 0.444. The first-order valence-electron chi connectivity index (χ1n) is 9.92. The molecule has 168 valence electrons. The van der Waals surface area contributed by atoms with Crippen molar-refractivity contribution in [2.24, 2.45) is 5.92 Å². The molecule has 1 amide bonds. The molecule has 2 aromatic rings. The molecule has 1 aliphatic carbocycles. The average molecular weight is 483 g/mol. The van der Waals surface area contributed by atoms with Gasteiger partial charge in [0.1, 0.15) is 5.00 Å². The molecule has 1 aliphatic rings. The maximum atomic E-state index is 13.2. The summed E-state index contributed by atoms with van der Waals surface area (Å²) in [4.78, 5) is 26.4. The number of aryl methyl sites for hydroxylation is 1. The number of hydrogen-bond acceptors (Lipinski definition) is 7. The number of fused-ring (bicyclic) bond motifs is 1. The molecule has 0 spiro atoms. The molecule has 0 saturated carbocycles. The van der Waals surface area contributed by atoms with Crippen molar-refractivity contribution in [2.45, 2.75) is 49.3 Å². The summed E-state index contributed by atoms with van der Waals surface area (Å²) in [7, 11) is -2.70. The van der Waals surface area contributed by atoms with Crippen LogP contribution in [0.5, 0.6) is 0 Å². The van der Waals surface area contributed by atoms with E-state index in [0.717, 1.165) is 41.0 Å². The Morgan fingerprint density at radius 3 is 2.55 bits per heavy atom. The predicted molar refractivity (Wildman–Crippen MR) is 125 cm³/mol. The number of methoxy groups -OCH3 is 1. The van der Waals surface area contributed by atoms with Gasteiger partial charge in [-0.3, -0.25) is 9.52 Å². The number of rotatable bonds is 7. The second-order valence-electron chi connectivity index (χ2n) is 7.52. The summed E-state index contributed by atoms with van der Waals surface area (Å²) in [6, 6.07) is 4.60. The standard InChI is InChI=1S/C21H26N2O5S3/c1-12(2)19(24)22-15-11-13(9-10-17(15)29-4)31(26,27)23-20-18(21(25)28-3)14-7-5-6-8-16(14)30-20/h9-12,23H,5-8H2,1-4H3,(H,22,24). The van der Waals surface area contributed by atoms with Gasteiger partial charge in [0.05, 0.1) is 23.3 Å². The Hall–Kier alpha value is -2.04. The first-order valence-corrected chi connectivity index (χ1v) is 13.4. The monoisotopic (exact) mass is 482 g/mol. The van der Waals surface area contributed by atoms with Crippen molar-refractivity contribution < 1.29 is 22.7 Å². The molecule has 7 nitrogen and oxygen atoms in total. The molecule has 1 heterocycles. The maximum absolute atomic E-state index is 13.2. The van der Waals surface area contributed by atoms with E-state index in [-0.39, 0.29) is 21.7 Å². The summed E-state index contributed by atoms with van der Waals surface area (Å²) < 4.78 is 33.9. The van der Waals surface area contributed by atoms with E-state index in [1.165, 1.54) is 42.3 Å². The third-order valence-corrected chi connectivity index (χ3v) is 8.53. The Labute approximate surface area is 191 Å². The highest BCUT2D eigenvalue weighted by Gasteiger charge is 2.29. The Morgan fingerprint density at radius 1 is 1.19 bits per heavy atom. The maximum Gasteiger partial charge on any atom is 0.341 e. The summed E-state index contributed by atoms with van der Waals surface area (Å²) in [5.41, 5.74) is 1.62. The van der Waals surface area contributed by atoms with E-state index in [0.29, 0.717) is 11.3 Å². The van der Waals surface area contributed by atoms with Crippen LogP contribution in [0, 0.1) is 5.92 Å². The molecule has 3 rings (SSSR count). The van der Waals surface area contributed by atoms with E-state index in [2.05, 4.69) is 10.0 Å². The Morgan fingerprint density at radius 2 is 1.90 bits per heavy atom. The first kappa shape index (κ1) is 23.6. The first-order chi connectivity index (χ1) is 14.7. The molecule has 0 saturated heterocycles. The Balaban J connectivity index is 1.99. The summed E-state index contributed by atoms with van der Waals surface area (Å²) in [6.45, 7) is 3.53. The van der Waals surface area contributed by atoms with Gasteiger partial charge in [0.15, 0.2) is 0 Å². The third-order valence-electron chi connectivity index (χ3n) is 5.05. The van der Waals surface area contributed by atoms with Gasteiger partial charge in [-0.05, 0) is 55.7 Å². The number of thioether (sulfide) groups is 1.